The molecule has 1 saturated heterocycles. The second-order valence-electron chi connectivity index (χ2n) is 6.61. The Morgan fingerprint density at radius 1 is 1.12 bits per heavy atom. The SMILES string of the molecule is CN(C)CCNc1nccc(C(=O)N2CCN(c3ccccc3)CC2)n1. The number of likely N-dealkylation sites (N-methyl/N-ethyl adjacent to an activating group) is 1. The normalized spacial score (nSPS) is 14.6. The van der Waals surface area contributed by atoms with Gasteiger partial charge in [-0.1, -0.05) is 18.2 Å². The standard InChI is InChI=1S/C19H26N6O/c1-23(2)11-10-21-19-20-9-8-17(22-19)18(26)25-14-12-24(13-15-25)16-6-4-3-5-7-16/h3-9H,10-15H2,1-2H3,(H,20,21,22). The van der Waals surface area contributed by atoms with Gasteiger partial charge in [0.2, 0.25) is 5.95 Å². The van der Waals surface area contributed by atoms with E-state index in [4.69, 9.17) is 0 Å². The van der Waals surface area contributed by atoms with E-state index in [1.165, 1.54) is 5.69 Å². The molecule has 1 N–H and O–H groups in total. The van der Waals surface area contributed by atoms with Gasteiger partial charge in [-0.2, -0.15) is 0 Å². The van der Waals surface area contributed by atoms with Gasteiger partial charge >= 0.3 is 0 Å². The molecule has 26 heavy (non-hydrogen) atoms. The number of rotatable bonds is 6. The van der Waals surface area contributed by atoms with E-state index in [-0.39, 0.29) is 5.91 Å². The molecular weight excluding hydrogens is 328 g/mol. The Morgan fingerprint density at radius 3 is 2.54 bits per heavy atom. The van der Waals surface area contributed by atoms with Gasteiger partial charge < -0.3 is 20.0 Å². The molecule has 1 aliphatic rings. The minimum Gasteiger partial charge on any atom is -0.368 e. The van der Waals surface area contributed by atoms with Crippen LogP contribution in [0.2, 0.25) is 0 Å². The fourth-order valence-electron chi connectivity index (χ4n) is 2.92. The molecule has 3 rings (SSSR count). The summed E-state index contributed by atoms with van der Waals surface area (Å²) in [4.78, 5) is 27.6. The zero-order chi connectivity index (χ0) is 18.4. The maximum atomic E-state index is 12.8. The van der Waals surface area contributed by atoms with Crippen LogP contribution in [-0.2, 0) is 0 Å². The van der Waals surface area contributed by atoms with E-state index in [0.29, 0.717) is 24.7 Å². The fraction of sp³-hybridized carbons (Fsp3) is 0.421. The lowest BCUT2D eigenvalue weighted by Gasteiger charge is -2.36. The molecule has 2 aromatic rings. The molecule has 1 aromatic carbocycles. The van der Waals surface area contributed by atoms with Crippen molar-refractivity contribution in [3.8, 4) is 0 Å². The first-order valence-electron chi connectivity index (χ1n) is 8.94. The largest absolute Gasteiger partial charge is 0.368 e. The third-order valence-electron chi connectivity index (χ3n) is 4.41. The number of amides is 1. The number of piperazine rings is 1. The zero-order valence-corrected chi connectivity index (χ0v) is 15.4. The monoisotopic (exact) mass is 354 g/mol. The quantitative estimate of drug-likeness (QED) is 0.846. The number of hydrogen-bond acceptors (Lipinski definition) is 6. The highest BCUT2D eigenvalue weighted by Gasteiger charge is 2.23. The first-order valence-corrected chi connectivity index (χ1v) is 8.94. The van der Waals surface area contributed by atoms with E-state index in [2.05, 4.69) is 37.2 Å². The number of hydrogen-bond donors (Lipinski definition) is 1. The number of benzene rings is 1. The van der Waals surface area contributed by atoms with Gasteiger partial charge in [0, 0.05) is 51.2 Å². The zero-order valence-electron chi connectivity index (χ0n) is 15.4. The average Bonchev–Trinajstić information content (AvgIpc) is 2.68. The second-order valence-corrected chi connectivity index (χ2v) is 6.61. The Balaban J connectivity index is 1.56. The summed E-state index contributed by atoms with van der Waals surface area (Å²) in [5, 5.41) is 3.16. The van der Waals surface area contributed by atoms with Gasteiger partial charge in [-0.25, -0.2) is 9.97 Å². The highest BCUT2D eigenvalue weighted by molar-refractivity contribution is 5.92. The molecule has 1 aliphatic heterocycles. The van der Waals surface area contributed by atoms with E-state index in [9.17, 15) is 4.79 Å². The number of aromatic nitrogens is 2. The molecule has 1 fully saturated rings. The summed E-state index contributed by atoms with van der Waals surface area (Å²) in [6.45, 7) is 4.66. The molecule has 0 saturated carbocycles. The summed E-state index contributed by atoms with van der Waals surface area (Å²) in [6, 6.07) is 12.0. The summed E-state index contributed by atoms with van der Waals surface area (Å²) < 4.78 is 0. The highest BCUT2D eigenvalue weighted by atomic mass is 16.2. The van der Waals surface area contributed by atoms with Crippen molar-refractivity contribution in [1.82, 2.24) is 19.8 Å². The molecule has 138 valence electrons. The maximum Gasteiger partial charge on any atom is 0.272 e. The van der Waals surface area contributed by atoms with Crippen LogP contribution >= 0.6 is 0 Å². The number of para-hydroxylation sites is 1. The molecule has 0 aliphatic carbocycles. The van der Waals surface area contributed by atoms with E-state index < -0.39 is 0 Å². The highest BCUT2D eigenvalue weighted by Crippen LogP contribution is 2.16. The van der Waals surface area contributed by atoms with E-state index in [1.54, 1.807) is 12.3 Å². The summed E-state index contributed by atoms with van der Waals surface area (Å²) in [7, 11) is 4.02. The molecule has 1 aromatic heterocycles. The van der Waals surface area contributed by atoms with Gasteiger partial charge in [0.15, 0.2) is 0 Å². The number of anilines is 2. The van der Waals surface area contributed by atoms with Crippen LogP contribution in [0, 0.1) is 0 Å². The van der Waals surface area contributed by atoms with Crippen molar-refractivity contribution >= 4 is 17.5 Å². The number of nitrogens with zero attached hydrogens (tertiary/aromatic N) is 5. The minimum absolute atomic E-state index is 0.0317. The summed E-state index contributed by atoms with van der Waals surface area (Å²) >= 11 is 0. The average molecular weight is 354 g/mol. The van der Waals surface area contributed by atoms with Crippen LogP contribution in [0.25, 0.3) is 0 Å². The lowest BCUT2D eigenvalue weighted by atomic mass is 10.2. The molecule has 0 bridgehead atoms. The number of carbonyl (C=O) groups is 1. The Hall–Kier alpha value is -2.67. The summed E-state index contributed by atoms with van der Waals surface area (Å²) in [5.41, 5.74) is 1.65. The lowest BCUT2D eigenvalue weighted by molar-refractivity contribution is 0.0741. The first kappa shape index (κ1) is 18.1. The Bertz CT molecular complexity index is 713. The molecular formula is C19H26N6O. The molecule has 0 spiro atoms. The minimum atomic E-state index is -0.0317. The lowest BCUT2D eigenvalue weighted by Crippen LogP contribution is -2.49. The van der Waals surface area contributed by atoms with Gasteiger partial charge in [0.25, 0.3) is 5.91 Å². The second kappa shape index (κ2) is 8.62. The Morgan fingerprint density at radius 2 is 1.85 bits per heavy atom. The maximum absolute atomic E-state index is 12.8. The van der Waals surface area contributed by atoms with Crippen LogP contribution in [0.1, 0.15) is 10.5 Å². The van der Waals surface area contributed by atoms with Crippen LogP contribution in [0.4, 0.5) is 11.6 Å². The van der Waals surface area contributed by atoms with E-state index >= 15 is 0 Å². The van der Waals surface area contributed by atoms with Gasteiger partial charge in [-0.05, 0) is 32.3 Å². The third-order valence-corrected chi connectivity index (χ3v) is 4.41. The van der Waals surface area contributed by atoms with Crippen LogP contribution in [0.3, 0.4) is 0 Å². The van der Waals surface area contributed by atoms with Crippen molar-refractivity contribution in [2.45, 2.75) is 0 Å². The van der Waals surface area contributed by atoms with Gasteiger partial charge in [-0.3, -0.25) is 4.79 Å². The van der Waals surface area contributed by atoms with Crippen molar-refractivity contribution in [3.63, 3.8) is 0 Å². The van der Waals surface area contributed by atoms with Crippen molar-refractivity contribution < 1.29 is 4.79 Å². The van der Waals surface area contributed by atoms with Gasteiger partial charge in [0.05, 0.1) is 0 Å². The van der Waals surface area contributed by atoms with Crippen LogP contribution in [0.15, 0.2) is 42.6 Å². The Kier molecular flexibility index (Phi) is 6.01. The Labute approximate surface area is 154 Å². The summed E-state index contributed by atoms with van der Waals surface area (Å²) in [6.07, 6.45) is 1.64. The predicted octanol–water partition coefficient (Wildman–Crippen LogP) is 1.41. The van der Waals surface area contributed by atoms with Crippen LogP contribution in [-0.4, -0.2) is 79.0 Å². The molecule has 2 heterocycles. The van der Waals surface area contributed by atoms with Gasteiger partial charge in [-0.15, -0.1) is 0 Å². The molecule has 0 radical (unpaired) electrons. The predicted molar refractivity (Wildman–Crippen MR) is 104 cm³/mol. The van der Waals surface area contributed by atoms with Gasteiger partial charge in [0.1, 0.15) is 5.69 Å². The van der Waals surface area contributed by atoms with Crippen molar-refractivity contribution in [3.05, 3.63) is 48.3 Å². The van der Waals surface area contributed by atoms with Crippen molar-refractivity contribution in [1.29, 1.82) is 0 Å². The van der Waals surface area contributed by atoms with E-state index in [1.807, 2.05) is 37.2 Å². The molecule has 0 atom stereocenters. The molecule has 7 heteroatoms. The first-order chi connectivity index (χ1) is 12.6. The molecule has 7 nitrogen and oxygen atoms in total. The topological polar surface area (TPSA) is 64.6 Å². The van der Waals surface area contributed by atoms with Crippen molar-refractivity contribution in [2.24, 2.45) is 0 Å². The smallest absolute Gasteiger partial charge is 0.272 e. The third kappa shape index (κ3) is 4.70. The molecule has 0 unspecified atom stereocenters. The number of nitrogens with one attached hydrogen (secondary N) is 1. The summed E-state index contributed by atoms with van der Waals surface area (Å²) in [5.74, 6) is 0.469. The number of carbonyl (C=O) groups excluding carboxylic acids is 1. The van der Waals surface area contributed by atoms with Crippen molar-refractivity contribution in [2.75, 3.05) is 63.6 Å². The molecule has 1 amide bonds. The van der Waals surface area contributed by atoms with Crippen LogP contribution in [0.5, 0.6) is 0 Å². The van der Waals surface area contributed by atoms with Crippen LogP contribution < -0.4 is 10.2 Å². The fourth-order valence-corrected chi connectivity index (χ4v) is 2.92. The van der Waals surface area contributed by atoms with E-state index in [0.717, 1.165) is 26.2 Å².